The third-order valence-corrected chi connectivity index (χ3v) is 4.71. The summed E-state index contributed by atoms with van der Waals surface area (Å²) in [5, 5.41) is 3.69. The van der Waals surface area contributed by atoms with Crippen molar-refractivity contribution >= 4 is 0 Å². The van der Waals surface area contributed by atoms with Crippen LogP contribution in [0, 0.1) is 10.8 Å². The predicted molar refractivity (Wildman–Crippen MR) is 85.6 cm³/mol. The van der Waals surface area contributed by atoms with Crippen LogP contribution >= 0.6 is 0 Å². The Morgan fingerprint density at radius 3 is 2.00 bits per heavy atom. The van der Waals surface area contributed by atoms with Gasteiger partial charge in [0.1, 0.15) is 0 Å². The molecule has 1 heterocycles. The Bertz CT molecular complexity index is 267. The Hall–Kier alpha value is -0.0800. The van der Waals surface area contributed by atoms with Crippen LogP contribution in [0.25, 0.3) is 0 Å². The Labute approximate surface area is 121 Å². The maximum atomic E-state index is 3.69. The van der Waals surface area contributed by atoms with Crippen LogP contribution in [0.3, 0.4) is 0 Å². The number of hydrogen-bond acceptors (Lipinski definition) is 2. The van der Waals surface area contributed by atoms with E-state index in [0.717, 1.165) is 6.54 Å². The van der Waals surface area contributed by atoms with Crippen molar-refractivity contribution in [2.24, 2.45) is 10.8 Å². The van der Waals surface area contributed by atoms with E-state index in [0.29, 0.717) is 10.8 Å². The summed E-state index contributed by atoms with van der Waals surface area (Å²) in [6.07, 6.45) is 3.94. The van der Waals surface area contributed by atoms with Crippen molar-refractivity contribution in [1.29, 1.82) is 0 Å². The third kappa shape index (κ3) is 6.27. The van der Waals surface area contributed by atoms with Crippen molar-refractivity contribution in [2.45, 2.75) is 73.3 Å². The smallest absolute Gasteiger partial charge is 0.00967 e. The molecular weight excluding hydrogens is 232 g/mol. The van der Waals surface area contributed by atoms with Crippen LogP contribution in [0.5, 0.6) is 0 Å². The molecule has 0 bridgehead atoms. The molecule has 0 saturated carbocycles. The van der Waals surface area contributed by atoms with E-state index < -0.39 is 0 Å². The Morgan fingerprint density at radius 2 is 1.58 bits per heavy atom. The van der Waals surface area contributed by atoms with Gasteiger partial charge in [0.15, 0.2) is 0 Å². The monoisotopic (exact) mass is 268 g/mol. The zero-order valence-corrected chi connectivity index (χ0v) is 14.4. The maximum absolute atomic E-state index is 3.69. The van der Waals surface area contributed by atoms with E-state index in [9.17, 15) is 0 Å². The summed E-state index contributed by atoms with van der Waals surface area (Å²) in [5.74, 6) is 0. The van der Waals surface area contributed by atoms with E-state index >= 15 is 0 Å². The van der Waals surface area contributed by atoms with Crippen molar-refractivity contribution in [2.75, 3.05) is 26.2 Å². The lowest BCUT2D eigenvalue weighted by molar-refractivity contribution is 0.0830. The van der Waals surface area contributed by atoms with Gasteiger partial charge in [-0.1, -0.05) is 27.7 Å². The van der Waals surface area contributed by atoms with E-state index in [1.165, 1.54) is 38.9 Å². The molecule has 1 atom stereocenters. The maximum Gasteiger partial charge on any atom is 0.00967 e. The van der Waals surface area contributed by atoms with Crippen LogP contribution in [0.2, 0.25) is 0 Å². The lowest BCUT2D eigenvalue weighted by atomic mass is 9.80. The van der Waals surface area contributed by atoms with Gasteiger partial charge < -0.3 is 10.2 Å². The second kappa shape index (κ2) is 6.13. The first-order valence-corrected chi connectivity index (χ1v) is 8.03. The first-order chi connectivity index (χ1) is 8.55. The summed E-state index contributed by atoms with van der Waals surface area (Å²) >= 11 is 0. The molecule has 0 amide bonds. The highest BCUT2D eigenvalue weighted by molar-refractivity contribution is 4.86. The highest BCUT2D eigenvalue weighted by atomic mass is 15.1. The van der Waals surface area contributed by atoms with Crippen LogP contribution in [-0.4, -0.2) is 36.6 Å². The van der Waals surface area contributed by atoms with E-state index in [1.54, 1.807) is 0 Å². The lowest BCUT2D eigenvalue weighted by Crippen LogP contribution is -2.49. The number of nitrogens with zero attached hydrogens (tertiary/aromatic N) is 1. The van der Waals surface area contributed by atoms with Crippen LogP contribution in [0.1, 0.15) is 67.7 Å². The van der Waals surface area contributed by atoms with Crippen LogP contribution in [0.4, 0.5) is 0 Å². The average molecular weight is 268 g/mol. The topological polar surface area (TPSA) is 15.3 Å². The Balaban J connectivity index is 2.47. The predicted octanol–water partition coefficient (Wildman–Crippen LogP) is 3.91. The number of hydrogen-bond donors (Lipinski definition) is 1. The van der Waals surface area contributed by atoms with Gasteiger partial charge in [-0.15, -0.1) is 0 Å². The molecule has 1 fully saturated rings. The van der Waals surface area contributed by atoms with Gasteiger partial charge in [0, 0.05) is 18.6 Å². The highest BCUT2D eigenvalue weighted by Gasteiger charge is 2.31. The van der Waals surface area contributed by atoms with Gasteiger partial charge in [0.05, 0.1) is 0 Å². The summed E-state index contributed by atoms with van der Waals surface area (Å²) in [7, 11) is 0. The van der Waals surface area contributed by atoms with Crippen molar-refractivity contribution in [3.63, 3.8) is 0 Å². The Morgan fingerprint density at radius 1 is 1.05 bits per heavy atom. The molecule has 2 nitrogen and oxygen atoms in total. The van der Waals surface area contributed by atoms with E-state index in [2.05, 4.69) is 58.7 Å². The molecule has 1 rings (SSSR count). The molecule has 19 heavy (non-hydrogen) atoms. The summed E-state index contributed by atoms with van der Waals surface area (Å²) in [4.78, 5) is 2.68. The summed E-state index contributed by atoms with van der Waals surface area (Å²) in [6, 6.07) is 0. The fraction of sp³-hybridized carbons (Fsp3) is 1.00. The summed E-state index contributed by atoms with van der Waals surface area (Å²) in [5.41, 5.74) is 1.18. The van der Waals surface area contributed by atoms with Gasteiger partial charge in [0.25, 0.3) is 0 Å². The average Bonchev–Trinajstić information content (AvgIpc) is 2.29. The van der Waals surface area contributed by atoms with E-state index in [1.807, 2.05) is 0 Å². The highest BCUT2D eigenvalue weighted by Crippen LogP contribution is 2.32. The molecule has 1 N–H and O–H groups in total. The van der Waals surface area contributed by atoms with Crippen LogP contribution < -0.4 is 5.32 Å². The van der Waals surface area contributed by atoms with Gasteiger partial charge in [-0.05, 0) is 64.0 Å². The standard InChI is InChI=1S/C17H36N2/c1-8-17(7,13-18-15(2,3)4)14-19-11-9-16(5,6)10-12-19/h18H,8-14H2,1-7H3. The van der Waals surface area contributed by atoms with Crippen LogP contribution in [0.15, 0.2) is 0 Å². The van der Waals surface area contributed by atoms with Gasteiger partial charge in [0.2, 0.25) is 0 Å². The fourth-order valence-corrected chi connectivity index (χ4v) is 2.63. The summed E-state index contributed by atoms with van der Waals surface area (Å²) < 4.78 is 0. The molecule has 1 unspecified atom stereocenters. The largest absolute Gasteiger partial charge is 0.311 e. The minimum Gasteiger partial charge on any atom is -0.311 e. The van der Waals surface area contributed by atoms with Crippen molar-refractivity contribution in [3.05, 3.63) is 0 Å². The molecule has 114 valence electrons. The molecular formula is C17H36N2. The molecule has 0 aromatic rings. The number of rotatable bonds is 5. The van der Waals surface area contributed by atoms with Gasteiger partial charge in [-0.2, -0.15) is 0 Å². The number of likely N-dealkylation sites (tertiary alicyclic amines) is 1. The molecule has 0 radical (unpaired) electrons. The SMILES string of the molecule is CCC(C)(CNC(C)(C)C)CN1CCC(C)(C)CC1. The Kier molecular flexibility index (Phi) is 5.48. The van der Waals surface area contributed by atoms with Gasteiger partial charge >= 0.3 is 0 Å². The molecule has 2 heteroatoms. The number of piperidine rings is 1. The van der Waals surface area contributed by atoms with Gasteiger partial charge in [-0.3, -0.25) is 0 Å². The quantitative estimate of drug-likeness (QED) is 0.813. The molecule has 0 aromatic heterocycles. The minimum atomic E-state index is 0.223. The van der Waals surface area contributed by atoms with E-state index in [4.69, 9.17) is 0 Å². The first-order valence-electron chi connectivity index (χ1n) is 8.03. The molecule has 0 aliphatic carbocycles. The fourth-order valence-electron chi connectivity index (χ4n) is 2.63. The number of nitrogens with one attached hydrogen (secondary N) is 1. The third-order valence-electron chi connectivity index (χ3n) is 4.71. The minimum absolute atomic E-state index is 0.223. The second-order valence-electron chi connectivity index (χ2n) is 8.71. The zero-order valence-electron chi connectivity index (χ0n) is 14.4. The molecule has 1 saturated heterocycles. The molecule has 1 aliphatic rings. The molecule has 0 aromatic carbocycles. The normalized spacial score (nSPS) is 24.2. The zero-order chi connectivity index (χ0) is 14.7. The van der Waals surface area contributed by atoms with E-state index in [-0.39, 0.29) is 5.54 Å². The molecule has 0 spiro atoms. The lowest BCUT2D eigenvalue weighted by Gasteiger charge is -2.42. The first kappa shape index (κ1) is 17.0. The van der Waals surface area contributed by atoms with Crippen molar-refractivity contribution < 1.29 is 0 Å². The van der Waals surface area contributed by atoms with Crippen molar-refractivity contribution in [3.8, 4) is 0 Å². The molecule has 1 aliphatic heterocycles. The summed E-state index contributed by atoms with van der Waals surface area (Å²) in [6.45, 7) is 21.3. The van der Waals surface area contributed by atoms with Gasteiger partial charge in [-0.25, -0.2) is 0 Å². The van der Waals surface area contributed by atoms with Crippen LogP contribution in [-0.2, 0) is 0 Å². The van der Waals surface area contributed by atoms with Crippen molar-refractivity contribution in [1.82, 2.24) is 10.2 Å². The second-order valence-corrected chi connectivity index (χ2v) is 8.71.